The number of nitrogens with one attached hydrogen (secondary N) is 3. The molecule has 1 aromatic rings. The fourth-order valence-corrected chi connectivity index (χ4v) is 2.47. The molecule has 6 nitrogen and oxygen atoms in total. The van der Waals surface area contributed by atoms with Crippen LogP contribution in [0.1, 0.15) is 6.92 Å². The molecule has 1 saturated heterocycles. The zero-order valence-corrected chi connectivity index (χ0v) is 12.8. The van der Waals surface area contributed by atoms with Crippen molar-refractivity contribution in [3.8, 4) is 0 Å². The number of hydrogen-bond donors (Lipinski definition) is 3. The molecule has 0 aromatic heterocycles. The van der Waals surface area contributed by atoms with E-state index in [4.69, 9.17) is 27.9 Å². The maximum atomic E-state index is 11.9. The third-order valence-electron chi connectivity index (χ3n) is 2.87. The van der Waals surface area contributed by atoms with Crippen LogP contribution in [-0.2, 0) is 14.3 Å². The number of carbonyl (C=O) groups is 2. The van der Waals surface area contributed by atoms with Crippen LogP contribution in [0.2, 0.25) is 10.0 Å². The minimum absolute atomic E-state index is 0.191. The van der Waals surface area contributed by atoms with Crippen LogP contribution in [0.3, 0.4) is 0 Å². The highest BCUT2D eigenvalue weighted by atomic mass is 35.5. The molecule has 114 valence electrons. The standard InChI is InChI=1S/C13H15Cl2N3O3/c1-2-21-12(20)10-6-16-13(18-11(10)19)17-9-4-7(14)3-8(15)5-9/h3-5,10,13,16-17H,2,6H2,1H3,(H,18,19). The van der Waals surface area contributed by atoms with Gasteiger partial charge in [0, 0.05) is 22.3 Å². The molecule has 1 aromatic carbocycles. The van der Waals surface area contributed by atoms with E-state index < -0.39 is 24.1 Å². The Bertz CT molecular complexity index is 533. The van der Waals surface area contributed by atoms with E-state index in [1.54, 1.807) is 25.1 Å². The van der Waals surface area contributed by atoms with Gasteiger partial charge in [0.15, 0.2) is 6.29 Å². The number of benzene rings is 1. The van der Waals surface area contributed by atoms with Gasteiger partial charge in [0.25, 0.3) is 0 Å². The summed E-state index contributed by atoms with van der Waals surface area (Å²) in [5.74, 6) is -1.77. The van der Waals surface area contributed by atoms with Gasteiger partial charge in [0.2, 0.25) is 5.91 Å². The quantitative estimate of drug-likeness (QED) is 0.576. The van der Waals surface area contributed by atoms with Gasteiger partial charge >= 0.3 is 5.97 Å². The van der Waals surface area contributed by atoms with Crippen molar-refractivity contribution in [1.82, 2.24) is 10.6 Å². The highest BCUT2D eigenvalue weighted by molar-refractivity contribution is 6.35. The lowest BCUT2D eigenvalue weighted by Gasteiger charge is -2.30. The van der Waals surface area contributed by atoms with E-state index in [9.17, 15) is 9.59 Å². The Balaban J connectivity index is 1.96. The molecule has 1 fully saturated rings. The van der Waals surface area contributed by atoms with Crippen LogP contribution in [0.25, 0.3) is 0 Å². The Labute approximate surface area is 132 Å². The fourth-order valence-electron chi connectivity index (χ4n) is 1.95. The van der Waals surface area contributed by atoms with Crippen molar-refractivity contribution in [1.29, 1.82) is 0 Å². The van der Waals surface area contributed by atoms with E-state index >= 15 is 0 Å². The van der Waals surface area contributed by atoms with E-state index in [-0.39, 0.29) is 13.2 Å². The van der Waals surface area contributed by atoms with Crippen molar-refractivity contribution >= 4 is 40.8 Å². The Morgan fingerprint density at radius 3 is 2.62 bits per heavy atom. The molecule has 2 atom stereocenters. The fraction of sp³-hybridized carbons (Fsp3) is 0.385. The van der Waals surface area contributed by atoms with Crippen LogP contribution in [0.5, 0.6) is 0 Å². The maximum absolute atomic E-state index is 11.9. The molecule has 0 aliphatic carbocycles. The first-order chi connectivity index (χ1) is 9.99. The van der Waals surface area contributed by atoms with Crippen LogP contribution in [0.4, 0.5) is 5.69 Å². The van der Waals surface area contributed by atoms with Crippen LogP contribution in [-0.4, -0.2) is 31.3 Å². The summed E-state index contributed by atoms with van der Waals surface area (Å²) < 4.78 is 4.84. The van der Waals surface area contributed by atoms with Gasteiger partial charge in [-0.1, -0.05) is 23.2 Å². The molecule has 0 bridgehead atoms. The number of amides is 1. The Hall–Kier alpha value is -1.50. The van der Waals surface area contributed by atoms with Crippen LogP contribution in [0.15, 0.2) is 18.2 Å². The summed E-state index contributed by atoms with van der Waals surface area (Å²) in [4.78, 5) is 23.5. The molecule has 1 heterocycles. The Morgan fingerprint density at radius 2 is 2.05 bits per heavy atom. The zero-order chi connectivity index (χ0) is 15.4. The maximum Gasteiger partial charge on any atom is 0.319 e. The van der Waals surface area contributed by atoms with Crippen molar-refractivity contribution in [3.05, 3.63) is 28.2 Å². The largest absolute Gasteiger partial charge is 0.465 e. The van der Waals surface area contributed by atoms with Crippen LogP contribution in [0, 0.1) is 5.92 Å². The van der Waals surface area contributed by atoms with E-state index in [0.717, 1.165) is 0 Å². The topological polar surface area (TPSA) is 79.5 Å². The van der Waals surface area contributed by atoms with Gasteiger partial charge in [-0.05, 0) is 25.1 Å². The molecular weight excluding hydrogens is 317 g/mol. The van der Waals surface area contributed by atoms with Gasteiger partial charge in [-0.3, -0.25) is 14.9 Å². The van der Waals surface area contributed by atoms with Crippen molar-refractivity contribution in [3.63, 3.8) is 0 Å². The summed E-state index contributed by atoms with van der Waals surface area (Å²) in [5, 5.41) is 9.63. The first kappa shape index (κ1) is 15.9. The van der Waals surface area contributed by atoms with Gasteiger partial charge in [0.1, 0.15) is 5.92 Å². The smallest absolute Gasteiger partial charge is 0.319 e. The number of carbonyl (C=O) groups excluding carboxylic acids is 2. The lowest BCUT2D eigenvalue weighted by molar-refractivity contribution is -0.153. The zero-order valence-electron chi connectivity index (χ0n) is 11.3. The number of halogens is 2. The predicted molar refractivity (Wildman–Crippen MR) is 80.1 cm³/mol. The minimum atomic E-state index is -0.842. The van der Waals surface area contributed by atoms with Crippen molar-refractivity contribution in [2.75, 3.05) is 18.5 Å². The Morgan fingerprint density at radius 1 is 1.38 bits per heavy atom. The molecule has 21 heavy (non-hydrogen) atoms. The van der Waals surface area contributed by atoms with E-state index in [2.05, 4.69) is 16.0 Å². The average Bonchev–Trinajstić information content (AvgIpc) is 2.37. The summed E-state index contributed by atoms with van der Waals surface area (Å²) in [5.41, 5.74) is 0.653. The van der Waals surface area contributed by atoms with Crippen LogP contribution >= 0.6 is 23.2 Å². The van der Waals surface area contributed by atoms with E-state index in [1.165, 1.54) is 0 Å². The second-order valence-electron chi connectivity index (χ2n) is 4.46. The molecule has 8 heteroatoms. The second kappa shape index (κ2) is 6.98. The summed E-state index contributed by atoms with van der Waals surface area (Å²) in [6.45, 7) is 2.13. The SMILES string of the molecule is CCOC(=O)C1CNC(Nc2cc(Cl)cc(Cl)c2)NC1=O. The number of esters is 1. The summed E-state index contributed by atoms with van der Waals surface area (Å²) in [6.07, 6.45) is -0.516. The average molecular weight is 332 g/mol. The molecule has 0 radical (unpaired) electrons. The number of hydrogen-bond acceptors (Lipinski definition) is 5. The number of anilines is 1. The molecule has 0 saturated carbocycles. The first-order valence-electron chi connectivity index (χ1n) is 6.42. The Kier molecular flexibility index (Phi) is 5.27. The third-order valence-corrected chi connectivity index (χ3v) is 3.31. The van der Waals surface area contributed by atoms with Gasteiger partial charge < -0.3 is 15.4 Å². The number of ether oxygens (including phenoxy) is 1. The molecule has 2 rings (SSSR count). The summed E-state index contributed by atoms with van der Waals surface area (Å²) >= 11 is 11.8. The normalized spacial score (nSPS) is 21.6. The summed E-state index contributed by atoms with van der Waals surface area (Å²) in [6, 6.07) is 4.97. The molecule has 2 unspecified atom stereocenters. The second-order valence-corrected chi connectivity index (χ2v) is 5.33. The van der Waals surface area contributed by atoms with Crippen molar-refractivity contribution in [2.45, 2.75) is 13.2 Å². The van der Waals surface area contributed by atoms with Gasteiger partial charge in [-0.2, -0.15) is 0 Å². The molecule has 3 N–H and O–H groups in total. The van der Waals surface area contributed by atoms with Gasteiger partial charge in [-0.15, -0.1) is 0 Å². The summed E-state index contributed by atoms with van der Waals surface area (Å²) in [7, 11) is 0. The molecule has 1 aliphatic heterocycles. The predicted octanol–water partition coefficient (Wildman–Crippen LogP) is 1.59. The van der Waals surface area contributed by atoms with Crippen molar-refractivity contribution < 1.29 is 14.3 Å². The highest BCUT2D eigenvalue weighted by Gasteiger charge is 2.33. The highest BCUT2D eigenvalue weighted by Crippen LogP contribution is 2.22. The first-order valence-corrected chi connectivity index (χ1v) is 7.18. The molecule has 0 spiro atoms. The molecule has 1 aliphatic rings. The molecular formula is C13H15Cl2N3O3. The monoisotopic (exact) mass is 331 g/mol. The van der Waals surface area contributed by atoms with Crippen molar-refractivity contribution in [2.24, 2.45) is 5.92 Å². The third kappa shape index (κ3) is 4.23. The number of rotatable bonds is 4. The van der Waals surface area contributed by atoms with E-state index in [0.29, 0.717) is 15.7 Å². The van der Waals surface area contributed by atoms with Gasteiger partial charge in [-0.25, -0.2) is 0 Å². The molecule has 1 amide bonds. The van der Waals surface area contributed by atoms with Gasteiger partial charge in [0.05, 0.1) is 6.61 Å². The lowest BCUT2D eigenvalue weighted by Crippen LogP contribution is -2.61. The van der Waals surface area contributed by atoms with E-state index in [1.807, 2.05) is 0 Å². The minimum Gasteiger partial charge on any atom is -0.465 e. The lowest BCUT2D eigenvalue weighted by atomic mass is 10.1. The van der Waals surface area contributed by atoms with Crippen LogP contribution < -0.4 is 16.0 Å².